The third-order valence-electron chi connectivity index (χ3n) is 4.73. The van der Waals surface area contributed by atoms with Gasteiger partial charge in [-0.1, -0.05) is 30.3 Å². The summed E-state index contributed by atoms with van der Waals surface area (Å²) in [6, 6.07) is 21.9. The molecule has 0 fully saturated rings. The van der Waals surface area contributed by atoms with Crippen LogP contribution in [0.3, 0.4) is 0 Å². The number of nitriles is 1. The topological polar surface area (TPSA) is 77.8 Å². The number of hydrogen-bond acceptors (Lipinski definition) is 6. The number of benzene rings is 3. The standard InChI is InChI=1S/C27H23NO5/c1-30-22-8-6-7-19(16-22)12-14-27(29)33-25-13-11-20(17-26(25)32-3)15-21(18-28)23-9-4-5-10-24(23)31-2/h4-17H,1-3H3/b14-12+,21-15-. The molecule has 6 heteroatoms. The molecule has 3 aromatic rings. The van der Waals surface area contributed by atoms with Crippen LogP contribution in [0.5, 0.6) is 23.0 Å². The molecule has 0 unspecified atom stereocenters. The highest BCUT2D eigenvalue weighted by Crippen LogP contribution is 2.32. The fourth-order valence-electron chi connectivity index (χ4n) is 3.11. The van der Waals surface area contributed by atoms with Crippen molar-refractivity contribution in [1.29, 1.82) is 5.26 Å². The van der Waals surface area contributed by atoms with E-state index >= 15 is 0 Å². The molecule has 0 saturated carbocycles. The van der Waals surface area contributed by atoms with Gasteiger partial charge in [0.1, 0.15) is 11.5 Å². The molecule has 33 heavy (non-hydrogen) atoms. The number of rotatable bonds is 8. The van der Waals surface area contributed by atoms with Crippen LogP contribution in [0.2, 0.25) is 0 Å². The van der Waals surface area contributed by atoms with Crippen LogP contribution in [0.4, 0.5) is 0 Å². The summed E-state index contributed by atoms with van der Waals surface area (Å²) < 4.78 is 21.4. The van der Waals surface area contributed by atoms with E-state index in [1.807, 2.05) is 36.4 Å². The van der Waals surface area contributed by atoms with Gasteiger partial charge in [-0.25, -0.2) is 4.79 Å². The number of ether oxygens (including phenoxy) is 4. The first-order valence-electron chi connectivity index (χ1n) is 10.0. The zero-order valence-corrected chi connectivity index (χ0v) is 18.6. The van der Waals surface area contributed by atoms with Crippen molar-refractivity contribution < 1.29 is 23.7 Å². The van der Waals surface area contributed by atoms with Crippen LogP contribution in [-0.2, 0) is 4.79 Å². The van der Waals surface area contributed by atoms with Gasteiger partial charge < -0.3 is 18.9 Å². The Labute approximate surface area is 192 Å². The number of hydrogen-bond donors (Lipinski definition) is 0. The Hall–Kier alpha value is -4.50. The Balaban J connectivity index is 1.80. The summed E-state index contributed by atoms with van der Waals surface area (Å²) >= 11 is 0. The molecule has 0 atom stereocenters. The van der Waals surface area contributed by atoms with Gasteiger partial charge >= 0.3 is 5.97 Å². The summed E-state index contributed by atoms with van der Waals surface area (Å²) in [5.41, 5.74) is 2.63. The molecule has 3 rings (SSSR count). The van der Waals surface area contributed by atoms with Crippen molar-refractivity contribution in [1.82, 2.24) is 0 Å². The van der Waals surface area contributed by atoms with Gasteiger partial charge in [-0.3, -0.25) is 0 Å². The van der Waals surface area contributed by atoms with Gasteiger partial charge in [-0.2, -0.15) is 5.26 Å². The van der Waals surface area contributed by atoms with E-state index in [-0.39, 0.29) is 5.75 Å². The Morgan fingerprint density at radius 3 is 2.33 bits per heavy atom. The molecule has 6 nitrogen and oxygen atoms in total. The molecule has 0 heterocycles. The van der Waals surface area contributed by atoms with Crippen molar-refractivity contribution in [2.24, 2.45) is 0 Å². The molecule has 0 N–H and O–H groups in total. The van der Waals surface area contributed by atoms with Crippen molar-refractivity contribution in [2.75, 3.05) is 21.3 Å². The number of para-hydroxylation sites is 1. The predicted molar refractivity (Wildman–Crippen MR) is 127 cm³/mol. The van der Waals surface area contributed by atoms with Gasteiger partial charge in [0.2, 0.25) is 0 Å². The van der Waals surface area contributed by atoms with Crippen LogP contribution in [0.15, 0.2) is 72.8 Å². The second-order valence-corrected chi connectivity index (χ2v) is 6.81. The molecule has 166 valence electrons. The summed E-state index contributed by atoms with van der Waals surface area (Å²) in [4.78, 5) is 12.3. The first-order valence-corrected chi connectivity index (χ1v) is 10.0. The minimum absolute atomic E-state index is 0.269. The lowest BCUT2D eigenvalue weighted by molar-refractivity contribution is -0.129. The Morgan fingerprint density at radius 2 is 1.61 bits per heavy atom. The average molecular weight is 441 g/mol. The van der Waals surface area contributed by atoms with E-state index in [2.05, 4.69) is 6.07 Å². The SMILES string of the molecule is COc1cccc(/C=C/C(=O)Oc2ccc(/C=C(/C#N)c3ccccc3OC)cc2OC)c1. The highest BCUT2D eigenvalue weighted by atomic mass is 16.6. The van der Waals surface area contributed by atoms with Crippen LogP contribution in [0.1, 0.15) is 16.7 Å². The maximum Gasteiger partial charge on any atom is 0.336 e. The van der Waals surface area contributed by atoms with Gasteiger partial charge in [0, 0.05) is 11.6 Å². The summed E-state index contributed by atoms with van der Waals surface area (Å²) in [6.45, 7) is 0. The number of esters is 1. The highest BCUT2D eigenvalue weighted by molar-refractivity contribution is 5.92. The van der Waals surface area contributed by atoms with Gasteiger partial charge in [-0.05, 0) is 59.7 Å². The molecule has 0 bridgehead atoms. The van der Waals surface area contributed by atoms with Crippen molar-refractivity contribution in [3.63, 3.8) is 0 Å². The van der Waals surface area contributed by atoms with E-state index in [1.54, 1.807) is 56.7 Å². The first kappa shape index (κ1) is 23.2. The maximum absolute atomic E-state index is 12.3. The molecule has 0 aliphatic rings. The van der Waals surface area contributed by atoms with E-state index < -0.39 is 5.97 Å². The van der Waals surface area contributed by atoms with Crippen LogP contribution in [0.25, 0.3) is 17.7 Å². The van der Waals surface area contributed by atoms with Crippen molar-refractivity contribution >= 4 is 23.7 Å². The number of allylic oxidation sites excluding steroid dienone is 1. The van der Waals surface area contributed by atoms with Gasteiger partial charge in [0.25, 0.3) is 0 Å². The molecule has 0 saturated heterocycles. The summed E-state index contributed by atoms with van der Waals surface area (Å²) in [5, 5.41) is 9.66. The van der Waals surface area contributed by atoms with Gasteiger partial charge in [-0.15, -0.1) is 0 Å². The van der Waals surface area contributed by atoms with Crippen molar-refractivity contribution in [2.45, 2.75) is 0 Å². The third-order valence-corrected chi connectivity index (χ3v) is 4.73. The fourth-order valence-corrected chi connectivity index (χ4v) is 3.11. The Morgan fingerprint density at radius 1 is 0.818 bits per heavy atom. The van der Waals surface area contributed by atoms with E-state index in [4.69, 9.17) is 18.9 Å². The van der Waals surface area contributed by atoms with Crippen molar-refractivity contribution in [3.8, 4) is 29.1 Å². The molecule has 0 amide bonds. The average Bonchev–Trinajstić information content (AvgIpc) is 2.86. The van der Waals surface area contributed by atoms with E-state index in [1.165, 1.54) is 13.2 Å². The van der Waals surface area contributed by atoms with Crippen LogP contribution < -0.4 is 18.9 Å². The molecular formula is C27H23NO5. The second kappa shape index (κ2) is 11.2. The number of carbonyl (C=O) groups excluding carboxylic acids is 1. The monoisotopic (exact) mass is 441 g/mol. The minimum Gasteiger partial charge on any atom is -0.497 e. The van der Waals surface area contributed by atoms with Crippen LogP contribution >= 0.6 is 0 Å². The van der Waals surface area contributed by atoms with Gasteiger partial charge in [0.15, 0.2) is 11.5 Å². The van der Waals surface area contributed by atoms with Crippen molar-refractivity contribution in [3.05, 3.63) is 89.5 Å². The quantitative estimate of drug-likeness (QED) is 0.153. The van der Waals surface area contributed by atoms with E-state index in [0.29, 0.717) is 33.9 Å². The molecule has 0 spiro atoms. The maximum atomic E-state index is 12.3. The van der Waals surface area contributed by atoms with Gasteiger partial charge in [0.05, 0.1) is 33.0 Å². The molecule has 3 aromatic carbocycles. The third kappa shape index (κ3) is 6.02. The lowest BCUT2D eigenvalue weighted by atomic mass is 10.0. The summed E-state index contributed by atoms with van der Waals surface area (Å²) in [5.74, 6) is 1.38. The second-order valence-electron chi connectivity index (χ2n) is 6.81. The molecule has 0 radical (unpaired) electrons. The molecule has 0 aliphatic carbocycles. The lowest BCUT2D eigenvalue weighted by Gasteiger charge is -2.10. The fraction of sp³-hybridized carbons (Fsp3) is 0.111. The highest BCUT2D eigenvalue weighted by Gasteiger charge is 2.11. The minimum atomic E-state index is -0.550. The predicted octanol–water partition coefficient (Wildman–Crippen LogP) is 5.40. The van der Waals surface area contributed by atoms with E-state index in [0.717, 1.165) is 5.56 Å². The first-order chi connectivity index (χ1) is 16.1. The zero-order chi connectivity index (χ0) is 23.6. The lowest BCUT2D eigenvalue weighted by Crippen LogP contribution is -2.05. The van der Waals surface area contributed by atoms with Crippen LogP contribution in [-0.4, -0.2) is 27.3 Å². The smallest absolute Gasteiger partial charge is 0.336 e. The normalized spacial score (nSPS) is 11.0. The molecule has 0 aromatic heterocycles. The summed E-state index contributed by atoms with van der Waals surface area (Å²) in [6.07, 6.45) is 4.69. The molecular weight excluding hydrogens is 418 g/mol. The Kier molecular flexibility index (Phi) is 7.87. The number of methoxy groups -OCH3 is 3. The van der Waals surface area contributed by atoms with E-state index in [9.17, 15) is 10.1 Å². The molecule has 0 aliphatic heterocycles. The number of carbonyl (C=O) groups is 1. The largest absolute Gasteiger partial charge is 0.497 e. The summed E-state index contributed by atoms with van der Waals surface area (Å²) in [7, 11) is 4.62. The zero-order valence-electron chi connectivity index (χ0n) is 18.6. The Bertz CT molecular complexity index is 1240. The number of nitrogens with zero attached hydrogens (tertiary/aromatic N) is 1. The van der Waals surface area contributed by atoms with Crippen LogP contribution in [0, 0.1) is 11.3 Å².